The molecule has 116 valence electrons. The highest BCUT2D eigenvalue weighted by Gasteiger charge is 2.20. The Bertz CT molecular complexity index is 809. The van der Waals surface area contributed by atoms with E-state index in [1.807, 2.05) is 0 Å². The number of hydrogen-bond donors (Lipinski definition) is 0. The van der Waals surface area contributed by atoms with E-state index in [0.717, 1.165) is 35.6 Å². The summed E-state index contributed by atoms with van der Waals surface area (Å²) < 4.78 is 2.06. The van der Waals surface area contributed by atoms with Crippen LogP contribution in [0.3, 0.4) is 0 Å². The summed E-state index contributed by atoms with van der Waals surface area (Å²) in [5.41, 5.74) is 8.17. The first-order valence-corrected chi connectivity index (χ1v) is 8.91. The average Bonchev–Trinajstić information content (AvgIpc) is 3.03. The maximum absolute atomic E-state index is 4.87. The van der Waals surface area contributed by atoms with Crippen LogP contribution < -0.4 is 0 Å². The minimum Gasteiger partial charge on any atom is -0.231 e. The Morgan fingerprint density at radius 3 is 2.45 bits per heavy atom. The largest absolute Gasteiger partial charge is 0.231 e. The number of nitrogens with zero attached hydrogens (tertiary/aromatic N) is 3. The standard InChI is InChI=1S/C18H23N3S/c1-6-14(7-2)15-8-12(4)20-21-17(13(5)19-18(15)21)16-10-22-9-11(16)3/h8-10,14H,6-7H2,1-5H3. The van der Waals surface area contributed by atoms with Crippen LogP contribution in [0.5, 0.6) is 0 Å². The minimum atomic E-state index is 0.544. The van der Waals surface area contributed by atoms with Gasteiger partial charge in [0.1, 0.15) is 0 Å². The number of aromatic nitrogens is 3. The van der Waals surface area contributed by atoms with Gasteiger partial charge in [0, 0.05) is 16.5 Å². The fraction of sp³-hybridized carbons (Fsp3) is 0.444. The molecule has 0 N–H and O–H groups in total. The van der Waals surface area contributed by atoms with Crippen LogP contribution in [0, 0.1) is 20.8 Å². The van der Waals surface area contributed by atoms with Crippen molar-refractivity contribution in [1.82, 2.24) is 14.6 Å². The molecule has 3 nitrogen and oxygen atoms in total. The number of imidazole rings is 1. The van der Waals surface area contributed by atoms with Crippen molar-refractivity contribution < 1.29 is 0 Å². The van der Waals surface area contributed by atoms with Gasteiger partial charge >= 0.3 is 0 Å². The van der Waals surface area contributed by atoms with E-state index in [4.69, 9.17) is 10.1 Å². The van der Waals surface area contributed by atoms with Crippen molar-refractivity contribution in [2.24, 2.45) is 0 Å². The van der Waals surface area contributed by atoms with Crippen LogP contribution in [0.4, 0.5) is 0 Å². The van der Waals surface area contributed by atoms with E-state index >= 15 is 0 Å². The molecule has 0 saturated carbocycles. The molecule has 0 unspecified atom stereocenters. The third-order valence-electron chi connectivity index (χ3n) is 4.45. The van der Waals surface area contributed by atoms with Crippen LogP contribution in [-0.2, 0) is 0 Å². The molecule has 0 aromatic carbocycles. The highest BCUT2D eigenvalue weighted by atomic mass is 32.1. The number of rotatable bonds is 4. The van der Waals surface area contributed by atoms with E-state index in [2.05, 4.69) is 56.0 Å². The first-order chi connectivity index (χ1) is 10.6. The molecule has 4 heteroatoms. The normalized spacial score (nSPS) is 11.7. The highest BCUT2D eigenvalue weighted by Crippen LogP contribution is 2.33. The van der Waals surface area contributed by atoms with E-state index in [-0.39, 0.29) is 0 Å². The van der Waals surface area contributed by atoms with Gasteiger partial charge in [0.25, 0.3) is 0 Å². The second kappa shape index (κ2) is 5.84. The molecule has 3 rings (SSSR count). The molecule has 0 spiro atoms. The quantitative estimate of drug-likeness (QED) is 0.655. The molecule has 0 atom stereocenters. The van der Waals surface area contributed by atoms with Crippen LogP contribution in [-0.4, -0.2) is 14.6 Å². The Morgan fingerprint density at radius 1 is 1.14 bits per heavy atom. The van der Waals surface area contributed by atoms with Crippen molar-refractivity contribution in [3.63, 3.8) is 0 Å². The van der Waals surface area contributed by atoms with Gasteiger partial charge < -0.3 is 0 Å². The molecule has 0 aliphatic rings. The van der Waals surface area contributed by atoms with Crippen molar-refractivity contribution in [3.8, 4) is 11.3 Å². The fourth-order valence-corrected chi connectivity index (χ4v) is 4.05. The van der Waals surface area contributed by atoms with Gasteiger partial charge in [0.2, 0.25) is 0 Å². The van der Waals surface area contributed by atoms with E-state index in [1.54, 1.807) is 11.3 Å². The van der Waals surface area contributed by atoms with Crippen LogP contribution in [0.15, 0.2) is 16.8 Å². The number of thiophene rings is 1. The summed E-state index contributed by atoms with van der Waals surface area (Å²) in [6, 6.07) is 2.21. The predicted molar refractivity (Wildman–Crippen MR) is 93.8 cm³/mol. The van der Waals surface area contributed by atoms with Gasteiger partial charge in [0.05, 0.1) is 17.1 Å². The monoisotopic (exact) mass is 313 g/mol. The summed E-state index contributed by atoms with van der Waals surface area (Å²) in [4.78, 5) is 4.87. The molecule has 3 aromatic heterocycles. The Kier molecular flexibility index (Phi) is 4.04. The Labute approximate surface area is 136 Å². The second-order valence-corrected chi connectivity index (χ2v) is 6.75. The van der Waals surface area contributed by atoms with E-state index < -0.39 is 0 Å². The van der Waals surface area contributed by atoms with Crippen LogP contribution in [0.2, 0.25) is 0 Å². The first kappa shape index (κ1) is 15.2. The molecule has 3 heterocycles. The average molecular weight is 313 g/mol. The molecule has 0 saturated heterocycles. The Balaban J connectivity index is 2.33. The SMILES string of the molecule is CCC(CC)c1cc(C)nn2c(-c3cscc3C)c(C)nc12. The Hall–Kier alpha value is -1.68. The summed E-state index contributed by atoms with van der Waals surface area (Å²) in [6.45, 7) is 10.8. The molecule has 0 fully saturated rings. The molecule has 0 amide bonds. The van der Waals surface area contributed by atoms with Crippen LogP contribution in [0.1, 0.15) is 55.1 Å². The van der Waals surface area contributed by atoms with Crippen LogP contribution >= 0.6 is 11.3 Å². The van der Waals surface area contributed by atoms with Gasteiger partial charge in [-0.3, -0.25) is 0 Å². The smallest absolute Gasteiger partial charge is 0.157 e. The van der Waals surface area contributed by atoms with Crippen molar-refractivity contribution >= 4 is 17.0 Å². The molecule has 0 bridgehead atoms. The minimum absolute atomic E-state index is 0.544. The zero-order chi connectivity index (χ0) is 15.9. The second-order valence-electron chi connectivity index (χ2n) is 6.00. The lowest BCUT2D eigenvalue weighted by atomic mass is 9.95. The summed E-state index contributed by atoms with van der Waals surface area (Å²) >= 11 is 1.74. The lowest BCUT2D eigenvalue weighted by molar-refractivity contribution is 0.638. The maximum Gasteiger partial charge on any atom is 0.157 e. The fourth-order valence-electron chi connectivity index (χ4n) is 3.22. The van der Waals surface area contributed by atoms with Gasteiger partial charge in [-0.25, -0.2) is 9.50 Å². The number of aryl methyl sites for hydroxylation is 3. The van der Waals surface area contributed by atoms with Crippen molar-refractivity contribution in [2.45, 2.75) is 53.4 Å². The van der Waals surface area contributed by atoms with E-state index in [1.165, 1.54) is 16.7 Å². The van der Waals surface area contributed by atoms with E-state index in [9.17, 15) is 0 Å². The van der Waals surface area contributed by atoms with Crippen LogP contribution in [0.25, 0.3) is 16.9 Å². The van der Waals surface area contributed by atoms with Crippen molar-refractivity contribution in [3.05, 3.63) is 39.3 Å². The van der Waals surface area contributed by atoms with E-state index in [0.29, 0.717) is 5.92 Å². The lowest BCUT2D eigenvalue weighted by Gasteiger charge is -2.14. The summed E-state index contributed by atoms with van der Waals surface area (Å²) in [7, 11) is 0. The molecule has 3 aromatic rings. The summed E-state index contributed by atoms with van der Waals surface area (Å²) in [6.07, 6.45) is 2.27. The first-order valence-electron chi connectivity index (χ1n) is 7.96. The molecular weight excluding hydrogens is 290 g/mol. The number of hydrogen-bond acceptors (Lipinski definition) is 3. The lowest BCUT2D eigenvalue weighted by Crippen LogP contribution is -2.05. The van der Waals surface area contributed by atoms with Gasteiger partial charge in [-0.1, -0.05) is 13.8 Å². The van der Waals surface area contributed by atoms with Gasteiger partial charge in [-0.05, 0) is 56.5 Å². The third kappa shape index (κ3) is 2.35. The van der Waals surface area contributed by atoms with Crippen molar-refractivity contribution in [2.75, 3.05) is 0 Å². The zero-order valence-electron chi connectivity index (χ0n) is 14.0. The topological polar surface area (TPSA) is 30.2 Å². The zero-order valence-corrected chi connectivity index (χ0v) is 14.8. The van der Waals surface area contributed by atoms with Crippen molar-refractivity contribution in [1.29, 1.82) is 0 Å². The highest BCUT2D eigenvalue weighted by molar-refractivity contribution is 7.08. The number of fused-ring (bicyclic) bond motifs is 1. The summed E-state index contributed by atoms with van der Waals surface area (Å²) in [5.74, 6) is 0.544. The van der Waals surface area contributed by atoms with Gasteiger partial charge in [-0.15, -0.1) is 0 Å². The molecular formula is C18H23N3S. The summed E-state index contributed by atoms with van der Waals surface area (Å²) in [5, 5.41) is 9.15. The van der Waals surface area contributed by atoms with Gasteiger partial charge in [-0.2, -0.15) is 16.4 Å². The third-order valence-corrected chi connectivity index (χ3v) is 5.31. The predicted octanol–water partition coefficient (Wildman–Crippen LogP) is 5.29. The maximum atomic E-state index is 4.87. The molecule has 0 aliphatic heterocycles. The molecule has 0 aliphatic carbocycles. The Morgan fingerprint density at radius 2 is 1.86 bits per heavy atom. The van der Waals surface area contributed by atoms with Gasteiger partial charge in [0.15, 0.2) is 5.65 Å². The molecule has 0 radical (unpaired) electrons. The molecule has 22 heavy (non-hydrogen) atoms.